The smallest absolute Gasteiger partial charge is 0.211 e. The summed E-state index contributed by atoms with van der Waals surface area (Å²) < 4.78 is 27.5. The number of phenols is 1. The number of benzene rings is 2. The lowest BCUT2D eigenvalue weighted by Gasteiger charge is -2.21. The fourth-order valence-corrected chi connectivity index (χ4v) is 5.43. The number of rotatable bonds is 7. The van der Waals surface area contributed by atoms with Crippen molar-refractivity contribution in [1.29, 1.82) is 0 Å². The van der Waals surface area contributed by atoms with Crippen molar-refractivity contribution in [2.75, 3.05) is 23.7 Å². The van der Waals surface area contributed by atoms with E-state index in [-0.39, 0.29) is 21.8 Å². The van der Waals surface area contributed by atoms with Gasteiger partial charge in [0.2, 0.25) is 10.0 Å². The van der Waals surface area contributed by atoms with Crippen LogP contribution in [0.5, 0.6) is 5.75 Å². The molecule has 0 unspecified atom stereocenters. The third-order valence-corrected chi connectivity index (χ3v) is 7.10. The van der Waals surface area contributed by atoms with Crippen LogP contribution in [0.1, 0.15) is 36.0 Å². The lowest BCUT2D eigenvalue weighted by atomic mass is 10.1. The van der Waals surface area contributed by atoms with Gasteiger partial charge in [-0.1, -0.05) is 31.5 Å². The Labute approximate surface area is 187 Å². The average Bonchev–Trinajstić information content (AvgIpc) is 3.19. The Balaban J connectivity index is 0.00000193. The molecule has 2 heterocycles. The second kappa shape index (κ2) is 8.80. The molecule has 1 fully saturated rings. The van der Waals surface area contributed by atoms with Crippen molar-refractivity contribution in [3.05, 3.63) is 48.0 Å². The van der Waals surface area contributed by atoms with E-state index in [4.69, 9.17) is 9.97 Å². The maximum Gasteiger partial charge on any atom is 0.211 e. The molecule has 0 saturated carbocycles. The van der Waals surface area contributed by atoms with Crippen molar-refractivity contribution in [3.63, 3.8) is 0 Å². The van der Waals surface area contributed by atoms with Crippen LogP contribution >= 0.6 is 0 Å². The van der Waals surface area contributed by atoms with Crippen molar-refractivity contribution in [2.24, 2.45) is 0 Å². The van der Waals surface area contributed by atoms with E-state index < -0.39 is 10.0 Å². The normalized spacial score (nSPS) is 16.8. The predicted octanol–water partition coefficient (Wildman–Crippen LogP) is 4.35. The van der Waals surface area contributed by atoms with E-state index in [0.717, 1.165) is 28.7 Å². The van der Waals surface area contributed by atoms with Crippen LogP contribution in [0, 0.1) is 6.92 Å². The Morgan fingerprint density at radius 2 is 2.03 bits per heavy atom. The van der Waals surface area contributed by atoms with Gasteiger partial charge in [-0.3, -0.25) is 0 Å². The lowest BCUT2D eigenvalue weighted by Crippen LogP contribution is -2.38. The number of para-hydroxylation sites is 1. The number of aryl methyl sites for hydroxylation is 1. The van der Waals surface area contributed by atoms with Gasteiger partial charge in [0.05, 0.1) is 16.8 Å². The largest absolute Gasteiger partial charge is 0.507 e. The molecule has 31 heavy (non-hydrogen) atoms. The zero-order chi connectivity index (χ0) is 22.0. The maximum atomic E-state index is 12.3. The van der Waals surface area contributed by atoms with E-state index in [1.54, 1.807) is 18.2 Å². The van der Waals surface area contributed by atoms with Gasteiger partial charge < -0.3 is 10.0 Å². The summed E-state index contributed by atoms with van der Waals surface area (Å²) in [5, 5.41) is 11.2. The van der Waals surface area contributed by atoms with Gasteiger partial charge in [0, 0.05) is 28.8 Å². The molecule has 7 nitrogen and oxygen atoms in total. The predicted molar refractivity (Wildman–Crippen MR) is 130 cm³/mol. The number of hydrogen-bond donors (Lipinski definition) is 2. The summed E-state index contributed by atoms with van der Waals surface area (Å²) >= 11 is 0. The van der Waals surface area contributed by atoms with Crippen LogP contribution in [-0.4, -0.2) is 48.4 Å². The fraction of sp³-hybridized carbons (Fsp3) is 0.391. The summed E-state index contributed by atoms with van der Waals surface area (Å²) in [4.78, 5) is 11.6. The summed E-state index contributed by atoms with van der Waals surface area (Å²) in [5.74, 6) is 1.51. The Hall–Kier alpha value is -2.71. The summed E-state index contributed by atoms with van der Waals surface area (Å²) in [6.45, 7) is 5.24. The molecular formula is C23H34N4O3S. The van der Waals surface area contributed by atoms with Crippen LogP contribution in [0.2, 0.25) is 0 Å². The van der Waals surface area contributed by atoms with Gasteiger partial charge in [-0.25, -0.2) is 23.1 Å². The van der Waals surface area contributed by atoms with Crippen LogP contribution in [0.4, 0.5) is 5.82 Å². The molecule has 0 amide bonds. The SMILES string of the molecule is CCCCS(=O)(=O)N[C@@H]1CCN(c2nc(-c3ccccc3O)nc3cc(C)ccc23)C1.[HH].[HH].[HH]. The number of fused-ring (bicyclic) bond motifs is 1. The van der Waals surface area contributed by atoms with E-state index >= 15 is 0 Å². The van der Waals surface area contributed by atoms with Gasteiger partial charge in [0.25, 0.3) is 0 Å². The van der Waals surface area contributed by atoms with Crippen molar-refractivity contribution in [3.8, 4) is 17.1 Å². The summed E-state index contributed by atoms with van der Waals surface area (Å²) in [5.41, 5.74) is 2.46. The maximum absolute atomic E-state index is 12.3. The highest BCUT2D eigenvalue weighted by atomic mass is 32.2. The quantitative estimate of drug-likeness (QED) is 0.560. The first-order valence-electron chi connectivity index (χ1n) is 10.7. The van der Waals surface area contributed by atoms with Crippen molar-refractivity contribution < 1.29 is 17.8 Å². The molecule has 170 valence electrons. The molecule has 1 aliphatic heterocycles. The minimum Gasteiger partial charge on any atom is -0.507 e. The average molecular weight is 447 g/mol. The van der Waals surface area contributed by atoms with Gasteiger partial charge in [0.15, 0.2) is 5.82 Å². The standard InChI is InChI=1S/C23H28N4O3S.3H2/c1-3-4-13-31(29,30)26-17-11-12-27(15-17)23-18-10-9-16(2)14-20(18)24-22(25-23)19-7-5-6-8-21(19)28;;;/h5-10,14,17,26,28H,3-4,11-13,15H2,1-2H3;3*1H/t17-;;;/m1.../s1. The molecule has 8 heteroatoms. The zero-order valence-electron chi connectivity index (χ0n) is 17.9. The lowest BCUT2D eigenvalue weighted by molar-refractivity contribution is 0.477. The van der Waals surface area contributed by atoms with E-state index in [2.05, 4.69) is 9.62 Å². The first-order valence-corrected chi connectivity index (χ1v) is 12.3. The first-order chi connectivity index (χ1) is 14.9. The molecule has 0 spiro atoms. The molecule has 1 aromatic heterocycles. The molecule has 1 atom stereocenters. The number of aromatic nitrogens is 2. The van der Waals surface area contributed by atoms with Gasteiger partial charge >= 0.3 is 0 Å². The number of aromatic hydroxyl groups is 1. The van der Waals surface area contributed by atoms with Crippen LogP contribution in [-0.2, 0) is 10.0 Å². The molecule has 1 aliphatic rings. The second-order valence-corrected chi connectivity index (χ2v) is 10.0. The van der Waals surface area contributed by atoms with Crippen molar-refractivity contribution in [1.82, 2.24) is 14.7 Å². The van der Waals surface area contributed by atoms with E-state index in [1.165, 1.54) is 0 Å². The van der Waals surface area contributed by atoms with Crippen molar-refractivity contribution in [2.45, 2.75) is 39.2 Å². The number of nitrogens with zero attached hydrogens (tertiary/aromatic N) is 3. The Morgan fingerprint density at radius 3 is 2.81 bits per heavy atom. The molecule has 3 aromatic rings. The highest BCUT2D eigenvalue weighted by Gasteiger charge is 2.28. The van der Waals surface area contributed by atoms with Crippen LogP contribution in [0.25, 0.3) is 22.3 Å². The fourth-order valence-electron chi connectivity index (χ4n) is 3.94. The molecule has 0 radical (unpaired) electrons. The molecule has 2 aromatic carbocycles. The van der Waals surface area contributed by atoms with E-state index in [9.17, 15) is 13.5 Å². The zero-order valence-corrected chi connectivity index (χ0v) is 18.7. The molecular weight excluding hydrogens is 412 g/mol. The second-order valence-electron chi connectivity index (χ2n) is 8.13. The Kier molecular flexibility index (Phi) is 6.11. The minimum atomic E-state index is -3.28. The third-order valence-electron chi connectivity index (χ3n) is 5.58. The number of hydrogen-bond acceptors (Lipinski definition) is 6. The Morgan fingerprint density at radius 1 is 1.23 bits per heavy atom. The summed E-state index contributed by atoms with van der Waals surface area (Å²) in [7, 11) is -3.28. The molecule has 4 rings (SSSR count). The molecule has 2 N–H and O–H groups in total. The molecule has 0 aliphatic carbocycles. The van der Waals surface area contributed by atoms with Gasteiger partial charge in [-0.15, -0.1) is 0 Å². The number of nitrogens with one attached hydrogen (secondary N) is 1. The highest BCUT2D eigenvalue weighted by molar-refractivity contribution is 7.89. The Bertz CT molecular complexity index is 1210. The topological polar surface area (TPSA) is 95.4 Å². The summed E-state index contributed by atoms with van der Waals surface area (Å²) in [6, 6.07) is 12.9. The van der Waals surface area contributed by atoms with E-state index in [1.807, 2.05) is 38.1 Å². The number of phenolic OH excluding ortho intramolecular Hbond substituents is 1. The van der Waals surface area contributed by atoms with E-state index in [0.29, 0.717) is 37.3 Å². The highest BCUT2D eigenvalue weighted by Crippen LogP contribution is 2.33. The molecule has 1 saturated heterocycles. The van der Waals surface area contributed by atoms with Crippen LogP contribution in [0.3, 0.4) is 0 Å². The number of anilines is 1. The van der Waals surface area contributed by atoms with Gasteiger partial charge in [0.1, 0.15) is 11.6 Å². The van der Waals surface area contributed by atoms with Crippen molar-refractivity contribution >= 4 is 26.7 Å². The number of unbranched alkanes of at least 4 members (excludes halogenated alkanes) is 1. The third kappa shape index (κ3) is 4.80. The van der Waals surface area contributed by atoms with Crippen LogP contribution < -0.4 is 9.62 Å². The van der Waals surface area contributed by atoms with Gasteiger partial charge in [-0.2, -0.15) is 0 Å². The van der Waals surface area contributed by atoms with Gasteiger partial charge in [-0.05, 0) is 49.6 Å². The minimum absolute atomic E-state index is 0. The monoisotopic (exact) mass is 446 g/mol. The molecule has 0 bridgehead atoms. The number of sulfonamides is 1. The first kappa shape index (κ1) is 21.5. The van der Waals surface area contributed by atoms with Crippen LogP contribution in [0.15, 0.2) is 42.5 Å². The summed E-state index contributed by atoms with van der Waals surface area (Å²) in [6.07, 6.45) is 2.22.